The predicted molar refractivity (Wildman–Crippen MR) is 165 cm³/mol. The van der Waals surface area contributed by atoms with Crippen molar-refractivity contribution in [2.24, 2.45) is 0 Å². The van der Waals surface area contributed by atoms with Crippen molar-refractivity contribution < 1.29 is 0 Å². The lowest BCUT2D eigenvalue weighted by molar-refractivity contribution is 1.64. The first-order valence-electron chi connectivity index (χ1n) is 13.2. The summed E-state index contributed by atoms with van der Waals surface area (Å²) in [6, 6.07) is 53.3. The molecule has 0 aliphatic heterocycles. The van der Waals surface area contributed by atoms with Crippen LogP contribution < -0.4 is 0 Å². The van der Waals surface area contributed by atoms with E-state index in [-0.39, 0.29) is 0 Å². The Morgan fingerprint density at radius 2 is 0.763 bits per heavy atom. The minimum Gasteiger partial charge on any atom is -0.0622 e. The van der Waals surface area contributed by atoms with Crippen LogP contribution in [0.15, 0.2) is 146 Å². The van der Waals surface area contributed by atoms with Gasteiger partial charge in [-0.3, -0.25) is 0 Å². The van der Waals surface area contributed by atoms with Gasteiger partial charge in [-0.25, -0.2) is 0 Å². The largest absolute Gasteiger partial charge is 0.0622 e. The van der Waals surface area contributed by atoms with Crippen LogP contribution >= 0.6 is 0 Å². The molecule has 176 valence electrons. The number of benzene rings is 8. The molecule has 0 nitrogen and oxygen atoms in total. The molecule has 0 saturated carbocycles. The molecule has 0 heterocycles. The van der Waals surface area contributed by atoms with Gasteiger partial charge in [0.05, 0.1) is 0 Å². The minimum atomic E-state index is 1.24. The first kappa shape index (κ1) is 21.2. The number of hydrogen-bond acceptors (Lipinski definition) is 0. The highest BCUT2D eigenvalue weighted by Gasteiger charge is 2.15. The van der Waals surface area contributed by atoms with Gasteiger partial charge < -0.3 is 0 Å². The molecule has 0 aromatic heterocycles. The zero-order valence-electron chi connectivity index (χ0n) is 20.9. The van der Waals surface area contributed by atoms with E-state index in [0.29, 0.717) is 0 Å². The second-order valence-electron chi connectivity index (χ2n) is 10.1. The van der Waals surface area contributed by atoms with Gasteiger partial charge in [0.25, 0.3) is 0 Å². The van der Waals surface area contributed by atoms with Crippen LogP contribution in [-0.4, -0.2) is 0 Å². The maximum Gasteiger partial charge on any atom is -0.00199 e. The van der Waals surface area contributed by atoms with E-state index in [4.69, 9.17) is 0 Å². The predicted octanol–water partition coefficient (Wildman–Crippen LogP) is 10.8. The number of fused-ring (bicyclic) bond motifs is 9. The molecule has 38 heavy (non-hydrogen) atoms. The Bertz CT molecular complexity index is 2170. The molecule has 8 aromatic rings. The molecule has 0 saturated heterocycles. The van der Waals surface area contributed by atoms with Gasteiger partial charge in [0, 0.05) is 0 Å². The fraction of sp³-hybridized carbons (Fsp3) is 0. The van der Waals surface area contributed by atoms with Crippen molar-refractivity contribution in [1.82, 2.24) is 0 Å². The van der Waals surface area contributed by atoms with Crippen LogP contribution in [-0.2, 0) is 0 Å². The smallest absolute Gasteiger partial charge is 0.00199 e. The Labute approximate surface area is 221 Å². The van der Waals surface area contributed by atoms with E-state index in [1.165, 1.54) is 76.1 Å². The standard InChI is InChI=1S/C38H24/c1-2-10-25(11-3-1)27-20-18-26-19-21-28(23-29(26)22-27)36-24-37-32-14-5-4-12-30(32)31-13-6-8-16-34(31)38(37)35-17-9-7-15-33(35)36/h1-24H. The highest BCUT2D eigenvalue weighted by atomic mass is 14.2. The molecule has 0 N–H and O–H groups in total. The van der Waals surface area contributed by atoms with Gasteiger partial charge >= 0.3 is 0 Å². The highest BCUT2D eigenvalue weighted by Crippen LogP contribution is 2.43. The molecule has 0 unspecified atom stereocenters. The maximum atomic E-state index is 2.43. The van der Waals surface area contributed by atoms with Crippen LogP contribution in [0.25, 0.3) is 76.1 Å². The van der Waals surface area contributed by atoms with Crippen LogP contribution in [0.1, 0.15) is 0 Å². The van der Waals surface area contributed by atoms with Crippen molar-refractivity contribution in [3.05, 3.63) is 146 Å². The lowest BCUT2D eigenvalue weighted by atomic mass is 9.87. The molecule has 0 aliphatic rings. The van der Waals surface area contributed by atoms with Gasteiger partial charge in [-0.15, -0.1) is 0 Å². The zero-order valence-corrected chi connectivity index (χ0v) is 20.9. The second kappa shape index (κ2) is 8.30. The van der Waals surface area contributed by atoms with E-state index in [2.05, 4.69) is 146 Å². The third-order valence-corrected chi connectivity index (χ3v) is 8.01. The van der Waals surface area contributed by atoms with E-state index >= 15 is 0 Å². The summed E-state index contributed by atoms with van der Waals surface area (Å²) < 4.78 is 0. The van der Waals surface area contributed by atoms with Gasteiger partial charge in [-0.2, -0.15) is 0 Å². The molecule has 8 aromatic carbocycles. The summed E-state index contributed by atoms with van der Waals surface area (Å²) in [4.78, 5) is 0. The van der Waals surface area contributed by atoms with Crippen LogP contribution in [0.2, 0.25) is 0 Å². The monoisotopic (exact) mass is 480 g/mol. The topological polar surface area (TPSA) is 0 Å². The molecule has 0 bridgehead atoms. The van der Waals surface area contributed by atoms with Gasteiger partial charge in [-0.05, 0) is 94.3 Å². The van der Waals surface area contributed by atoms with Crippen molar-refractivity contribution in [3.63, 3.8) is 0 Å². The summed E-state index contributed by atoms with van der Waals surface area (Å²) in [6.07, 6.45) is 0. The van der Waals surface area contributed by atoms with Crippen LogP contribution in [0, 0.1) is 0 Å². The molecule has 0 heteroatoms. The van der Waals surface area contributed by atoms with Crippen LogP contribution in [0.3, 0.4) is 0 Å². The third kappa shape index (κ3) is 3.17. The average molecular weight is 481 g/mol. The van der Waals surface area contributed by atoms with E-state index in [1.54, 1.807) is 0 Å². The quantitative estimate of drug-likeness (QED) is 0.216. The van der Waals surface area contributed by atoms with Crippen molar-refractivity contribution in [2.45, 2.75) is 0 Å². The van der Waals surface area contributed by atoms with Gasteiger partial charge in [0.15, 0.2) is 0 Å². The van der Waals surface area contributed by atoms with Crippen molar-refractivity contribution in [3.8, 4) is 22.3 Å². The Hall–Kier alpha value is -4.94. The van der Waals surface area contributed by atoms with Crippen molar-refractivity contribution >= 4 is 53.9 Å². The summed E-state index contributed by atoms with van der Waals surface area (Å²) in [7, 11) is 0. The van der Waals surface area contributed by atoms with E-state index < -0.39 is 0 Å². The first-order chi connectivity index (χ1) is 18.8. The van der Waals surface area contributed by atoms with Gasteiger partial charge in [-0.1, -0.05) is 127 Å². The van der Waals surface area contributed by atoms with Gasteiger partial charge in [0.2, 0.25) is 0 Å². The number of rotatable bonds is 2. The molecule has 0 spiro atoms. The Balaban J connectivity index is 1.46. The fourth-order valence-electron chi connectivity index (χ4n) is 6.23. The Morgan fingerprint density at radius 3 is 1.47 bits per heavy atom. The van der Waals surface area contributed by atoms with Crippen molar-refractivity contribution in [2.75, 3.05) is 0 Å². The van der Waals surface area contributed by atoms with Crippen molar-refractivity contribution in [1.29, 1.82) is 0 Å². The zero-order chi connectivity index (χ0) is 25.1. The summed E-state index contributed by atoms with van der Waals surface area (Å²) in [6.45, 7) is 0. The summed E-state index contributed by atoms with van der Waals surface area (Å²) >= 11 is 0. The summed E-state index contributed by atoms with van der Waals surface area (Å²) in [5.41, 5.74) is 5.02. The lowest BCUT2D eigenvalue weighted by Gasteiger charge is -2.16. The Morgan fingerprint density at radius 1 is 0.263 bits per heavy atom. The van der Waals surface area contributed by atoms with Crippen LogP contribution in [0.4, 0.5) is 0 Å². The second-order valence-corrected chi connectivity index (χ2v) is 10.1. The molecule has 0 amide bonds. The molecular formula is C38H24. The molecule has 0 atom stereocenters. The minimum absolute atomic E-state index is 1.24. The van der Waals surface area contributed by atoms with Gasteiger partial charge in [0.1, 0.15) is 0 Å². The summed E-state index contributed by atoms with van der Waals surface area (Å²) in [5, 5.41) is 13.0. The SMILES string of the molecule is c1ccc(-c2ccc3ccc(-c4cc5c6ccccc6c6ccccc6c5c5ccccc45)cc3c2)cc1. The van der Waals surface area contributed by atoms with E-state index in [1.807, 2.05) is 0 Å². The molecule has 0 fully saturated rings. The molecular weight excluding hydrogens is 456 g/mol. The molecule has 0 radical (unpaired) electrons. The normalized spacial score (nSPS) is 11.7. The highest BCUT2D eigenvalue weighted by molar-refractivity contribution is 6.33. The third-order valence-electron chi connectivity index (χ3n) is 8.01. The lowest BCUT2D eigenvalue weighted by Crippen LogP contribution is -1.89. The van der Waals surface area contributed by atoms with E-state index in [0.717, 1.165) is 0 Å². The summed E-state index contributed by atoms with van der Waals surface area (Å²) in [5.74, 6) is 0. The molecule has 8 rings (SSSR count). The average Bonchev–Trinajstić information content (AvgIpc) is 3.00. The number of hydrogen-bond donors (Lipinski definition) is 0. The van der Waals surface area contributed by atoms with Crippen LogP contribution in [0.5, 0.6) is 0 Å². The fourth-order valence-corrected chi connectivity index (χ4v) is 6.23. The molecule has 0 aliphatic carbocycles. The maximum absolute atomic E-state index is 2.43. The Kier molecular flexibility index (Phi) is 4.62. The van der Waals surface area contributed by atoms with E-state index in [9.17, 15) is 0 Å². The first-order valence-corrected chi connectivity index (χ1v) is 13.2.